The van der Waals surface area contributed by atoms with Gasteiger partial charge in [-0.3, -0.25) is 4.98 Å². The standard InChI is InChI=1S/C8H10F2N2/c1-8(9,10)7-2-6(3-11)4-12-5-7/h2,4-5H,3,11H2,1H3. The maximum absolute atomic E-state index is 12.7. The van der Waals surface area contributed by atoms with Crippen molar-refractivity contribution >= 4 is 0 Å². The van der Waals surface area contributed by atoms with E-state index in [0.717, 1.165) is 13.1 Å². The topological polar surface area (TPSA) is 38.9 Å². The summed E-state index contributed by atoms with van der Waals surface area (Å²) in [5.41, 5.74) is 5.80. The molecule has 12 heavy (non-hydrogen) atoms. The number of nitrogens with zero attached hydrogens (tertiary/aromatic N) is 1. The Hall–Kier alpha value is -1.03. The molecule has 0 atom stereocenters. The van der Waals surface area contributed by atoms with Gasteiger partial charge in [0.2, 0.25) is 0 Å². The van der Waals surface area contributed by atoms with E-state index in [9.17, 15) is 8.78 Å². The predicted octanol–water partition coefficient (Wildman–Crippen LogP) is 1.65. The molecule has 0 aliphatic rings. The summed E-state index contributed by atoms with van der Waals surface area (Å²) in [4.78, 5) is 3.66. The Morgan fingerprint density at radius 3 is 2.67 bits per heavy atom. The summed E-state index contributed by atoms with van der Waals surface area (Å²) in [6.45, 7) is 1.07. The van der Waals surface area contributed by atoms with E-state index in [2.05, 4.69) is 4.98 Å². The van der Waals surface area contributed by atoms with Gasteiger partial charge in [0.25, 0.3) is 5.92 Å². The molecule has 0 aromatic carbocycles. The Morgan fingerprint density at radius 2 is 2.17 bits per heavy atom. The minimum absolute atomic E-state index is 0.0922. The highest BCUT2D eigenvalue weighted by Crippen LogP contribution is 2.26. The highest BCUT2D eigenvalue weighted by atomic mass is 19.3. The van der Waals surface area contributed by atoms with E-state index in [-0.39, 0.29) is 12.1 Å². The number of aromatic nitrogens is 1. The number of halogens is 2. The smallest absolute Gasteiger partial charge is 0.272 e. The molecule has 0 saturated heterocycles. The molecule has 0 aliphatic carbocycles. The second-order valence-corrected chi connectivity index (χ2v) is 2.67. The van der Waals surface area contributed by atoms with E-state index >= 15 is 0 Å². The van der Waals surface area contributed by atoms with Crippen LogP contribution in [0.4, 0.5) is 8.78 Å². The molecule has 1 rings (SSSR count). The molecule has 1 heterocycles. The van der Waals surface area contributed by atoms with Gasteiger partial charge in [-0.05, 0) is 11.6 Å². The fourth-order valence-corrected chi connectivity index (χ4v) is 0.839. The first kappa shape index (κ1) is 9.06. The largest absolute Gasteiger partial charge is 0.326 e. The quantitative estimate of drug-likeness (QED) is 0.736. The lowest BCUT2D eigenvalue weighted by Crippen LogP contribution is -2.09. The van der Waals surface area contributed by atoms with Gasteiger partial charge in [0, 0.05) is 31.4 Å². The molecular formula is C8H10F2N2. The van der Waals surface area contributed by atoms with Crippen LogP contribution in [0.3, 0.4) is 0 Å². The summed E-state index contributed by atoms with van der Waals surface area (Å²) >= 11 is 0. The Labute approximate surface area is 69.4 Å². The predicted molar refractivity (Wildman–Crippen MR) is 41.7 cm³/mol. The molecule has 2 N–H and O–H groups in total. The molecule has 1 aromatic heterocycles. The van der Waals surface area contributed by atoms with E-state index in [0.29, 0.717) is 5.56 Å². The Balaban J connectivity index is 3.02. The molecule has 0 fully saturated rings. The average molecular weight is 172 g/mol. The number of alkyl halides is 2. The van der Waals surface area contributed by atoms with Crippen LogP contribution in [0.2, 0.25) is 0 Å². The molecular weight excluding hydrogens is 162 g/mol. The maximum atomic E-state index is 12.7. The van der Waals surface area contributed by atoms with E-state index in [4.69, 9.17) is 5.73 Å². The van der Waals surface area contributed by atoms with Crippen LogP contribution in [0.1, 0.15) is 18.1 Å². The minimum Gasteiger partial charge on any atom is -0.326 e. The Kier molecular flexibility index (Phi) is 2.38. The van der Waals surface area contributed by atoms with Crippen molar-refractivity contribution in [3.63, 3.8) is 0 Å². The molecule has 4 heteroatoms. The van der Waals surface area contributed by atoms with E-state index < -0.39 is 5.92 Å². The Morgan fingerprint density at radius 1 is 1.50 bits per heavy atom. The van der Waals surface area contributed by atoms with Gasteiger partial charge in [0.05, 0.1) is 0 Å². The normalized spacial score (nSPS) is 11.7. The van der Waals surface area contributed by atoms with Gasteiger partial charge < -0.3 is 5.73 Å². The van der Waals surface area contributed by atoms with Crippen LogP contribution in [0.25, 0.3) is 0 Å². The third-order valence-corrected chi connectivity index (χ3v) is 1.54. The molecule has 0 spiro atoms. The van der Waals surface area contributed by atoms with Crippen molar-refractivity contribution in [3.05, 3.63) is 29.6 Å². The molecule has 0 bridgehead atoms. The lowest BCUT2D eigenvalue weighted by atomic mass is 10.1. The van der Waals surface area contributed by atoms with Crippen LogP contribution in [-0.2, 0) is 12.5 Å². The van der Waals surface area contributed by atoms with Crippen molar-refractivity contribution in [1.29, 1.82) is 0 Å². The van der Waals surface area contributed by atoms with Crippen molar-refractivity contribution in [2.24, 2.45) is 5.73 Å². The van der Waals surface area contributed by atoms with E-state index in [1.807, 2.05) is 0 Å². The van der Waals surface area contributed by atoms with Crippen molar-refractivity contribution in [2.45, 2.75) is 19.4 Å². The van der Waals surface area contributed by atoms with Crippen molar-refractivity contribution in [2.75, 3.05) is 0 Å². The van der Waals surface area contributed by atoms with Crippen molar-refractivity contribution < 1.29 is 8.78 Å². The summed E-state index contributed by atoms with van der Waals surface area (Å²) in [7, 11) is 0. The van der Waals surface area contributed by atoms with Gasteiger partial charge in [-0.15, -0.1) is 0 Å². The van der Waals surface area contributed by atoms with E-state index in [1.165, 1.54) is 12.3 Å². The highest BCUT2D eigenvalue weighted by Gasteiger charge is 2.24. The number of pyridine rings is 1. The second kappa shape index (κ2) is 3.15. The van der Waals surface area contributed by atoms with Gasteiger partial charge in [-0.1, -0.05) is 0 Å². The third kappa shape index (κ3) is 1.98. The lowest BCUT2D eigenvalue weighted by molar-refractivity contribution is 0.0170. The van der Waals surface area contributed by atoms with E-state index in [1.54, 1.807) is 0 Å². The van der Waals surface area contributed by atoms with Gasteiger partial charge in [-0.2, -0.15) is 0 Å². The summed E-state index contributed by atoms with van der Waals surface area (Å²) in [6.07, 6.45) is 2.63. The van der Waals surface area contributed by atoms with Crippen LogP contribution in [0, 0.1) is 0 Å². The fourth-order valence-electron chi connectivity index (χ4n) is 0.839. The molecule has 66 valence electrons. The molecule has 2 nitrogen and oxygen atoms in total. The zero-order valence-electron chi connectivity index (χ0n) is 6.72. The van der Waals surface area contributed by atoms with Crippen LogP contribution in [0.15, 0.2) is 18.5 Å². The maximum Gasteiger partial charge on any atom is 0.272 e. The van der Waals surface area contributed by atoms with Crippen LogP contribution in [0.5, 0.6) is 0 Å². The molecule has 0 aliphatic heterocycles. The van der Waals surface area contributed by atoms with Gasteiger partial charge in [-0.25, -0.2) is 8.78 Å². The van der Waals surface area contributed by atoms with Crippen LogP contribution >= 0.6 is 0 Å². The zero-order valence-corrected chi connectivity index (χ0v) is 6.72. The Bertz CT molecular complexity index is 268. The van der Waals surface area contributed by atoms with Gasteiger partial charge >= 0.3 is 0 Å². The van der Waals surface area contributed by atoms with Crippen molar-refractivity contribution in [3.8, 4) is 0 Å². The SMILES string of the molecule is CC(F)(F)c1cncc(CN)c1. The molecule has 0 unspecified atom stereocenters. The number of rotatable bonds is 2. The highest BCUT2D eigenvalue weighted by molar-refractivity contribution is 5.21. The number of hydrogen-bond donors (Lipinski definition) is 1. The van der Waals surface area contributed by atoms with Crippen LogP contribution in [-0.4, -0.2) is 4.98 Å². The molecule has 0 amide bonds. The first-order chi connectivity index (χ1) is 5.54. The number of nitrogens with two attached hydrogens (primary N) is 1. The average Bonchev–Trinajstić information content (AvgIpc) is 2.03. The lowest BCUT2D eigenvalue weighted by Gasteiger charge is -2.10. The summed E-state index contributed by atoms with van der Waals surface area (Å²) < 4.78 is 25.4. The summed E-state index contributed by atoms with van der Waals surface area (Å²) in [6, 6.07) is 1.37. The fraction of sp³-hybridized carbons (Fsp3) is 0.375. The summed E-state index contributed by atoms with van der Waals surface area (Å²) in [5.74, 6) is -2.84. The van der Waals surface area contributed by atoms with Gasteiger partial charge in [0.15, 0.2) is 0 Å². The van der Waals surface area contributed by atoms with Gasteiger partial charge in [0.1, 0.15) is 0 Å². The van der Waals surface area contributed by atoms with Crippen molar-refractivity contribution in [1.82, 2.24) is 4.98 Å². The summed E-state index contributed by atoms with van der Waals surface area (Å²) in [5, 5.41) is 0. The third-order valence-electron chi connectivity index (χ3n) is 1.54. The first-order valence-electron chi connectivity index (χ1n) is 3.56. The molecule has 0 saturated carbocycles. The molecule has 1 aromatic rings. The number of hydrogen-bond acceptors (Lipinski definition) is 2. The van der Waals surface area contributed by atoms with Crippen LogP contribution < -0.4 is 5.73 Å². The molecule has 0 radical (unpaired) electrons. The second-order valence-electron chi connectivity index (χ2n) is 2.67. The first-order valence-corrected chi connectivity index (χ1v) is 3.56. The minimum atomic E-state index is -2.84. The zero-order chi connectivity index (χ0) is 9.19. The monoisotopic (exact) mass is 172 g/mol.